The molecule has 0 atom stereocenters. The average Bonchev–Trinajstić information content (AvgIpc) is 3.03. The van der Waals surface area contributed by atoms with Gasteiger partial charge in [-0.3, -0.25) is 0 Å². The molecule has 0 radical (unpaired) electrons. The topological polar surface area (TPSA) is 31.4 Å². The number of aryl methyl sites for hydroxylation is 1. The van der Waals surface area contributed by atoms with Gasteiger partial charge in [-0.15, -0.1) is 11.3 Å². The minimum atomic E-state index is 0.475. The van der Waals surface area contributed by atoms with Crippen molar-refractivity contribution < 1.29 is 9.47 Å². The van der Waals surface area contributed by atoms with Crippen molar-refractivity contribution in [3.05, 3.63) is 64.5 Å². The first-order valence-electron chi connectivity index (χ1n) is 7.03. The molecule has 2 aromatic carbocycles. The zero-order valence-electron chi connectivity index (χ0n) is 12.6. The maximum absolute atomic E-state index is 5.81. The van der Waals surface area contributed by atoms with Gasteiger partial charge in [-0.25, -0.2) is 4.98 Å². The second-order valence-electron chi connectivity index (χ2n) is 4.91. The molecule has 0 saturated carbocycles. The van der Waals surface area contributed by atoms with Gasteiger partial charge in [-0.05, 0) is 30.7 Å². The Morgan fingerprint density at radius 1 is 1.09 bits per heavy atom. The van der Waals surface area contributed by atoms with Crippen LogP contribution in [0.4, 0.5) is 0 Å². The van der Waals surface area contributed by atoms with Crippen molar-refractivity contribution in [2.45, 2.75) is 13.5 Å². The van der Waals surface area contributed by atoms with E-state index < -0.39 is 0 Å². The van der Waals surface area contributed by atoms with Crippen LogP contribution < -0.4 is 9.47 Å². The number of rotatable bonds is 5. The second kappa shape index (κ2) is 6.62. The Kier molecular flexibility index (Phi) is 4.39. The smallest absolute Gasteiger partial charge is 0.140 e. The van der Waals surface area contributed by atoms with Crippen molar-refractivity contribution in [3.63, 3.8) is 0 Å². The summed E-state index contributed by atoms with van der Waals surface area (Å²) in [6.07, 6.45) is 0. The number of nitrogens with zero attached hydrogens (tertiary/aromatic N) is 1. The Balaban J connectivity index is 1.67. The van der Waals surface area contributed by atoms with Crippen LogP contribution in [0, 0.1) is 6.92 Å². The van der Waals surface area contributed by atoms with Gasteiger partial charge < -0.3 is 9.47 Å². The number of hydrogen-bond donors (Lipinski definition) is 0. The van der Waals surface area contributed by atoms with Crippen molar-refractivity contribution in [3.8, 4) is 22.8 Å². The van der Waals surface area contributed by atoms with Gasteiger partial charge in [-0.1, -0.05) is 30.3 Å². The van der Waals surface area contributed by atoms with E-state index in [9.17, 15) is 0 Å². The third-order valence-corrected chi connectivity index (χ3v) is 4.17. The van der Waals surface area contributed by atoms with Crippen molar-refractivity contribution in [1.82, 2.24) is 4.98 Å². The lowest BCUT2D eigenvalue weighted by Crippen LogP contribution is -1.96. The zero-order valence-corrected chi connectivity index (χ0v) is 13.4. The molecule has 112 valence electrons. The minimum Gasteiger partial charge on any atom is -0.496 e. The van der Waals surface area contributed by atoms with E-state index in [-0.39, 0.29) is 0 Å². The molecule has 0 fully saturated rings. The molecule has 4 heteroatoms. The van der Waals surface area contributed by atoms with Gasteiger partial charge in [0.25, 0.3) is 0 Å². The highest BCUT2D eigenvalue weighted by Gasteiger charge is 2.06. The van der Waals surface area contributed by atoms with Crippen molar-refractivity contribution in [2.24, 2.45) is 0 Å². The number of thiazole rings is 1. The van der Waals surface area contributed by atoms with Gasteiger partial charge >= 0.3 is 0 Å². The minimum absolute atomic E-state index is 0.475. The molecule has 0 unspecified atom stereocenters. The largest absolute Gasteiger partial charge is 0.496 e. The molecule has 0 aliphatic heterocycles. The molecule has 22 heavy (non-hydrogen) atoms. The summed E-state index contributed by atoms with van der Waals surface area (Å²) < 4.78 is 11.1. The molecule has 0 spiro atoms. The van der Waals surface area contributed by atoms with Gasteiger partial charge in [0, 0.05) is 10.9 Å². The molecule has 0 bridgehead atoms. The molecule has 3 nitrogen and oxygen atoms in total. The van der Waals surface area contributed by atoms with E-state index >= 15 is 0 Å². The van der Waals surface area contributed by atoms with Crippen LogP contribution in [0.1, 0.15) is 10.6 Å². The molecule has 0 amide bonds. The normalized spacial score (nSPS) is 10.5. The first-order chi connectivity index (χ1) is 10.8. The highest BCUT2D eigenvalue weighted by molar-refractivity contribution is 7.09. The molecule has 0 aliphatic rings. The number of benzene rings is 2. The number of hydrogen-bond acceptors (Lipinski definition) is 4. The number of aromatic nitrogens is 1. The van der Waals surface area contributed by atoms with Crippen molar-refractivity contribution in [2.75, 3.05) is 7.11 Å². The third-order valence-electron chi connectivity index (χ3n) is 3.35. The van der Waals surface area contributed by atoms with Crippen LogP contribution in [-0.4, -0.2) is 12.1 Å². The molecule has 3 aromatic rings. The maximum atomic E-state index is 5.81. The van der Waals surface area contributed by atoms with E-state index in [0.29, 0.717) is 6.61 Å². The lowest BCUT2D eigenvalue weighted by Gasteiger charge is -2.08. The van der Waals surface area contributed by atoms with Crippen molar-refractivity contribution in [1.29, 1.82) is 0 Å². The molecule has 1 heterocycles. The molecule has 0 aliphatic carbocycles. The van der Waals surface area contributed by atoms with Crippen molar-refractivity contribution >= 4 is 11.3 Å². The predicted molar refractivity (Wildman–Crippen MR) is 89.6 cm³/mol. The molecular weight excluding hydrogens is 294 g/mol. The van der Waals surface area contributed by atoms with Crippen LogP contribution in [0.3, 0.4) is 0 Å². The van der Waals surface area contributed by atoms with E-state index in [1.54, 1.807) is 18.4 Å². The maximum Gasteiger partial charge on any atom is 0.140 e. The second-order valence-corrected chi connectivity index (χ2v) is 5.86. The van der Waals surface area contributed by atoms with E-state index in [2.05, 4.69) is 22.5 Å². The van der Waals surface area contributed by atoms with Gasteiger partial charge in [0.2, 0.25) is 0 Å². The standard InChI is InChI=1S/C18H17NO2S/c1-13-10-15(8-9-17(13)20-2)21-11-18-19-16(12-22-18)14-6-4-3-5-7-14/h3-10,12H,11H2,1-2H3. The van der Waals surface area contributed by atoms with Crippen LogP contribution in [0.5, 0.6) is 11.5 Å². The first kappa shape index (κ1) is 14.6. The summed E-state index contributed by atoms with van der Waals surface area (Å²) in [5, 5.41) is 3.03. The molecular formula is C18H17NO2S. The van der Waals surface area contributed by atoms with Gasteiger partial charge in [0.05, 0.1) is 12.8 Å². The average molecular weight is 311 g/mol. The summed E-state index contributed by atoms with van der Waals surface area (Å²) in [5.74, 6) is 1.70. The van der Waals surface area contributed by atoms with E-state index in [0.717, 1.165) is 33.3 Å². The molecule has 3 rings (SSSR count). The monoisotopic (exact) mass is 311 g/mol. The van der Waals surface area contributed by atoms with Crippen LogP contribution in [0.25, 0.3) is 11.3 Å². The van der Waals surface area contributed by atoms with Gasteiger partial charge in [-0.2, -0.15) is 0 Å². The third kappa shape index (κ3) is 3.28. The van der Waals surface area contributed by atoms with Gasteiger partial charge in [0.15, 0.2) is 0 Å². The van der Waals surface area contributed by atoms with E-state index in [4.69, 9.17) is 9.47 Å². The number of methoxy groups -OCH3 is 1. The Morgan fingerprint density at radius 3 is 2.64 bits per heavy atom. The molecule has 0 N–H and O–H groups in total. The highest BCUT2D eigenvalue weighted by Crippen LogP contribution is 2.25. The van der Waals surface area contributed by atoms with Crippen LogP contribution in [-0.2, 0) is 6.61 Å². The first-order valence-corrected chi connectivity index (χ1v) is 7.91. The van der Waals surface area contributed by atoms with Crippen LogP contribution in [0.15, 0.2) is 53.9 Å². The quantitative estimate of drug-likeness (QED) is 0.684. The lowest BCUT2D eigenvalue weighted by molar-refractivity contribution is 0.304. The summed E-state index contributed by atoms with van der Waals surface area (Å²) >= 11 is 1.61. The number of ether oxygens (including phenoxy) is 2. The summed E-state index contributed by atoms with van der Waals surface area (Å²) in [7, 11) is 1.67. The summed E-state index contributed by atoms with van der Waals surface area (Å²) in [4.78, 5) is 4.62. The Bertz CT molecular complexity index is 753. The SMILES string of the molecule is COc1ccc(OCc2nc(-c3ccccc3)cs2)cc1C. The fourth-order valence-electron chi connectivity index (χ4n) is 2.20. The molecule has 1 aromatic heterocycles. The fourth-order valence-corrected chi connectivity index (χ4v) is 2.92. The van der Waals surface area contributed by atoms with Crippen LogP contribution in [0.2, 0.25) is 0 Å². The Morgan fingerprint density at radius 2 is 1.91 bits per heavy atom. The molecule has 0 saturated heterocycles. The summed E-state index contributed by atoms with van der Waals surface area (Å²) in [5.41, 5.74) is 3.18. The fraction of sp³-hybridized carbons (Fsp3) is 0.167. The Hall–Kier alpha value is -2.33. The van der Waals surface area contributed by atoms with Crippen LogP contribution >= 0.6 is 11.3 Å². The van der Waals surface area contributed by atoms with Gasteiger partial charge in [0.1, 0.15) is 23.1 Å². The predicted octanol–water partition coefficient (Wildman–Crippen LogP) is 4.71. The van der Waals surface area contributed by atoms with E-state index in [1.165, 1.54) is 0 Å². The lowest BCUT2D eigenvalue weighted by atomic mass is 10.2. The highest BCUT2D eigenvalue weighted by atomic mass is 32.1. The zero-order chi connectivity index (χ0) is 15.4. The Labute approximate surface area is 134 Å². The summed E-state index contributed by atoms with van der Waals surface area (Å²) in [6.45, 7) is 2.48. The van der Waals surface area contributed by atoms with E-state index in [1.807, 2.05) is 43.3 Å². The summed E-state index contributed by atoms with van der Waals surface area (Å²) in [6, 6.07) is 16.0.